The van der Waals surface area contributed by atoms with E-state index in [4.69, 9.17) is 4.74 Å². The van der Waals surface area contributed by atoms with E-state index in [1.54, 1.807) is 24.3 Å². The highest BCUT2D eigenvalue weighted by Gasteiger charge is 2.13. The van der Waals surface area contributed by atoms with E-state index < -0.39 is 5.91 Å². The van der Waals surface area contributed by atoms with E-state index in [1.165, 1.54) is 24.2 Å². The summed E-state index contributed by atoms with van der Waals surface area (Å²) in [4.78, 5) is 13.8. The van der Waals surface area contributed by atoms with Gasteiger partial charge in [-0.1, -0.05) is 30.3 Å². The number of aromatic nitrogens is 3. The zero-order valence-electron chi connectivity index (χ0n) is 14.0. The summed E-state index contributed by atoms with van der Waals surface area (Å²) >= 11 is 0. The van der Waals surface area contributed by atoms with Crippen LogP contribution in [0.4, 0.5) is 5.69 Å². The molecule has 2 aromatic carbocycles. The Hall–Kier alpha value is -3.92. The van der Waals surface area contributed by atoms with Gasteiger partial charge in [0, 0.05) is 0 Å². The molecule has 0 saturated heterocycles. The smallest absolute Gasteiger partial charge is 0.266 e. The van der Waals surface area contributed by atoms with Crippen molar-refractivity contribution >= 4 is 17.7 Å². The highest BCUT2D eigenvalue weighted by Crippen LogP contribution is 2.23. The lowest BCUT2D eigenvalue weighted by Crippen LogP contribution is -2.14. The van der Waals surface area contributed by atoms with Crippen LogP contribution in [0.3, 0.4) is 0 Å². The highest BCUT2D eigenvalue weighted by molar-refractivity contribution is 6.10. The van der Waals surface area contributed by atoms with Crippen molar-refractivity contribution in [3.63, 3.8) is 0 Å². The Balaban J connectivity index is 1.81. The van der Waals surface area contributed by atoms with Crippen molar-refractivity contribution in [3.05, 3.63) is 72.1 Å². The number of benzene rings is 2. The second-order valence-electron chi connectivity index (χ2n) is 5.22. The van der Waals surface area contributed by atoms with Crippen LogP contribution in [-0.4, -0.2) is 28.0 Å². The molecule has 0 aliphatic rings. The third-order valence-corrected chi connectivity index (χ3v) is 3.51. The Labute approximate surface area is 150 Å². The normalized spacial score (nSPS) is 10.8. The standard InChI is InChI=1S/C19H15N5O2/c1-26-18-10-6-5-9-17(18)22-19(25)14(12-20)11-15-13-21-24(23-15)16-7-3-2-4-8-16/h2-11,13H,1H3,(H,22,25). The molecular formula is C19H15N5O2. The molecule has 0 radical (unpaired) electrons. The summed E-state index contributed by atoms with van der Waals surface area (Å²) < 4.78 is 5.19. The summed E-state index contributed by atoms with van der Waals surface area (Å²) in [5.74, 6) is -0.0422. The minimum Gasteiger partial charge on any atom is -0.495 e. The maximum atomic E-state index is 12.4. The molecule has 0 aliphatic carbocycles. The van der Waals surface area contributed by atoms with Gasteiger partial charge in [0.1, 0.15) is 23.1 Å². The van der Waals surface area contributed by atoms with Gasteiger partial charge < -0.3 is 10.1 Å². The van der Waals surface area contributed by atoms with E-state index >= 15 is 0 Å². The second-order valence-corrected chi connectivity index (χ2v) is 5.22. The molecule has 0 spiro atoms. The highest BCUT2D eigenvalue weighted by atomic mass is 16.5. The van der Waals surface area contributed by atoms with Gasteiger partial charge in [-0.3, -0.25) is 4.79 Å². The fourth-order valence-corrected chi connectivity index (χ4v) is 2.26. The van der Waals surface area contributed by atoms with Crippen molar-refractivity contribution in [2.24, 2.45) is 0 Å². The van der Waals surface area contributed by atoms with Crippen LogP contribution >= 0.6 is 0 Å². The molecule has 7 nitrogen and oxygen atoms in total. The minimum atomic E-state index is -0.550. The quantitative estimate of drug-likeness (QED) is 0.567. The number of rotatable bonds is 5. The number of nitrogens with zero attached hydrogens (tertiary/aromatic N) is 4. The Bertz CT molecular complexity index is 986. The Morgan fingerprint density at radius 1 is 1.19 bits per heavy atom. The van der Waals surface area contributed by atoms with Crippen molar-refractivity contribution in [1.82, 2.24) is 15.0 Å². The maximum absolute atomic E-state index is 12.4. The largest absolute Gasteiger partial charge is 0.495 e. The molecule has 26 heavy (non-hydrogen) atoms. The molecular weight excluding hydrogens is 330 g/mol. The molecule has 7 heteroatoms. The van der Waals surface area contributed by atoms with Crippen LogP contribution < -0.4 is 10.1 Å². The number of methoxy groups -OCH3 is 1. The van der Waals surface area contributed by atoms with Gasteiger partial charge in [0.25, 0.3) is 5.91 Å². The summed E-state index contributed by atoms with van der Waals surface area (Å²) in [6.45, 7) is 0. The number of nitrogens with one attached hydrogen (secondary N) is 1. The molecule has 0 fully saturated rings. The molecule has 1 amide bonds. The number of nitriles is 1. The van der Waals surface area contributed by atoms with Crippen LogP contribution in [0.2, 0.25) is 0 Å². The third-order valence-electron chi connectivity index (χ3n) is 3.51. The first-order chi connectivity index (χ1) is 12.7. The van der Waals surface area contributed by atoms with Gasteiger partial charge in [-0.15, -0.1) is 5.10 Å². The van der Waals surface area contributed by atoms with Crippen molar-refractivity contribution in [2.45, 2.75) is 0 Å². The molecule has 0 atom stereocenters. The molecule has 1 N–H and O–H groups in total. The first kappa shape index (κ1) is 16.9. The van der Waals surface area contributed by atoms with E-state index in [0.717, 1.165) is 5.69 Å². The number of ether oxygens (including phenoxy) is 1. The fourth-order valence-electron chi connectivity index (χ4n) is 2.26. The molecule has 0 aliphatic heterocycles. The van der Waals surface area contributed by atoms with E-state index in [1.807, 2.05) is 36.4 Å². The van der Waals surface area contributed by atoms with Gasteiger partial charge >= 0.3 is 0 Å². The van der Waals surface area contributed by atoms with Crippen LogP contribution in [0.1, 0.15) is 5.69 Å². The lowest BCUT2D eigenvalue weighted by atomic mass is 10.2. The van der Waals surface area contributed by atoms with Crippen molar-refractivity contribution in [3.8, 4) is 17.5 Å². The van der Waals surface area contributed by atoms with E-state index in [9.17, 15) is 10.1 Å². The molecule has 128 valence electrons. The summed E-state index contributed by atoms with van der Waals surface area (Å²) in [5, 5.41) is 20.4. The summed E-state index contributed by atoms with van der Waals surface area (Å²) in [5.41, 5.74) is 1.58. The minimum absolute atomic E-state index is 0.0870. The number of amides is 1. The second kappa shape index (κ2) is 7.77. The summed E-state index contributed by atoms with van der Waals surface area (Å²) in [6.07, 6.45) is 2.87. The van der Waals surface area contributed by atoms with Gasteiger partial charge in [-0.2, -0.15) is 15.2 Å². The molecule has 1 heterocycles. The van der Waals surface area contributed by atoms with Crippen LogP contribution in [0.15, 0.2) is 66.4 Å². The first-order valence-electron chi connectivity index (χ1n) is 7.75. The van der Waals surface area contributed by atoms with Gasteiger partial charge in [0.05, 0.1) is 24.7 Å². The number of hydrogen-bond donors (Lipinski definition) is 1. The molecule has 3 aromatic rings. The maximum Gasteiger partial charge on any atom is 0.266 e. The SMILES string of the molecule is COc1ccccc1NC(=O)C(C#N)=Cc1cnn(-c2ccccc2)n1. The fraction of sp³-hybridized carbons (Fsp3) is 0.0526. The first-order valence-corrected chi connectivity index (χ1v) is 7.75. The van der Waals surface area contributed by atoms with Gasteiger partial charge in [0.2, 0.25) is 0 Å². The van der Waals surface area contributed by atoms with Gasteiger partial charge in [-0.25, -0.2) is 0 Å². The number of carbonyl (C=O) groups excluding carboxylic acids is 1. The van der Waals surface area contributed by atoms with Crippen molar-refractivity contribution < 1.29 is 9.53 Å². The summed E-state index contributed by atoms with van der Waals surface area (Å²) in [7, 11) is 1.51. The number of hydrogen-bond acceptors (Lipinski definition) is 5. The van der Waals surface area contributed by atoms with Crippen molar-refractivity contribution in [1.29, 1.82) is 5.26 Å². The van der Waals surface area contributed by atoms with Crippen LogP contribution in [0.25, 0.3) is 11.8 Å². The number of anilines is 1. The molecule has 1 aromatic heterocycles. The van der Waals surface area contributed by atoms with E-state index in [0.29, 0.717) is 17.1 Å². The van der Waals surface area contributed by atoms with Crippen LogP contribution in [0, 0.1) is 11.3 Å². The van der Waals surface area contributed by atoms with Crippen LogP contribution in [-0.2, 0) is 4.79 Å². The van der Waals surface area contributed by atoms with Gasteiger partial charge in [0.15, 0.2) is 0 Å². The number of carbonyl (C=O) groups is 1. The van der Waals surface area contributed by atoms with E-state index in [2.05, 4.69) is 15.5 Å². The summed E-state index contributed by atoms with van der Waals surface area (Å²) in [6, 6.07) is 18.2. The van der Waals surface area contributed by atoms with Crippen molar-refractivity contribution in [2.75, 3.05) is 12.4 Å². The third kappa shape index (κ3) is 3.76. The predicted molar refractivity (Wildman–Crippen MR) is 96.6 cm³/mol. The average Bonchev–Trinajstić information content (AvgIpc) is 3.16. The molecule has 0 unspecified atom stereocenters. The van der Waals surface area contributed by atoms with Gasteiger partial charge in [-0.05, 0) is 30.3 Å². The van der Waals surface area contributed by atoms with Crippen LogP contribution in [0.5, 0.6) is 5.75 Å². The topological polar surface area (TPSA) is 92.8 Å². The van der Waals surface area contributed by atoms with E-state index in [-0.39, 0.29) is 5.57 Å². The number of para-hydroxylation sites is 3. The predicted octanol–water partition coefficient (Wildman–Crippen LogP) is 2.82. The lowest BCUT2D eigenvalue weighted by Gasteiger charge is -2.08. The molecule has 0 saturated carbocycles. The lowest BCUT2D eigenvalue weighted by molar-refractivity contribution is -0.112. The Kier molecular flexibility index (Phi) is 5.05. The molecule has 0 bridgehead atoms. The monoisotopic (exact) mass is 345 g/mol. The Morgan fingerprint density at radius 3 is 2.65 bits per heavy atom. The molecule has 3 rings (SSSR count). The zero-order valence-corrected chi connectivity index (χ0v) is 14.0. The Morgan fingerprint density at radius 2 is 1.92 bits per heavy atom. The zero-order chi connectivity index (χ0) is 18.4. The average molecular weight is 345 g/mol.